The van der Waals surface area contributed by atoms with Gasteiger partial charge in [-0.2, -0.15) is 4.31 Å². The summed E-state index contributed by atoms with van der Waals surface area (Å²) in [6.07, 6.45) is 3.36. The van der Waals surface area contributed by atoms with Crippen LogP contribution in [0.2, 0.25) is 0 Å². The second kappa shape index (κ2) is 9.45. The fraction of sp³-hybridized carbons (Fsp3) is 0.619. The number of amides is 1. The van der Waals surface area contributed by atoms with Crippen molar-refractivity contribution in [2.45, 2.75) is 49.6 Å². The van der Waals surface area contributed by atoms with Crippen molar-refractivity contribution in [1.82, 2.24) is 14.5 Å². The minimum Gasteiger partial charge on any atom is -0.465 e. The zero-order valence-corrected chi connectivity index (χ0v) is 18.7. The van der Waals surface area contributed by atoms with E-state index in [-0.39, 0.29) is 41.4 Å². The van der Waals surface area contributed by atoms with Gasteiger partial charge in [0.1, 0.15) is 0 Å². The Morgan fingerprint density at radius 2 is 1.83 bits per heavy atom. The van der Waals surface area contributed by atoms with Crippen LogP contribution in [0, 0.1) is 5.92 Å². The minimum absolute atomic E-state index is 0.0157. The van der Waals surface area contributed by atoms with Crippen molar-refractivity contribution in [3.8, 4) is 0 Å². The minimum atomic E-state index is -3.84. The zero-order chi connectivity index (χ0) is 21.9. The van der Waals surface area contributed by atoms with Gasteiger partial charge in [-0.1, -0.05) is 12.1 Å². The largest absolute Gasteiger partial charge is 0.465 e. The molecular weight excluding hydrogens is 406 g/mol. The van der Waals surface area contributed by atoms with Crippen molar-refractivity contribution in [3.05, 3.63) is 29.8 Å². The van der Waals surface area contributed by atoms with Crippen LogP contribution in [0.5, 0.6) is 0 Å². The quantitative estimate of drug-likeness (QED) is 0.619. The predicted octanol–water partition coefficient (Wildman–Crippen LogP) is 1.47. The zero-order valence-electron chi connectivity index (χ0n) is 17.8. The third-order valence-corrected chi connectivity index (χ3v) is 8.08. The summed E-state index contributed by atoms with van der Waals surface area (Å²) in [5.41, 5.74) is 0.0219. The summed E-state index contributed by atoms with van der Waals surface area (Å²) >= 11 is 0. The molecule has 30 heavy (non-hydrogen) atoms. The number of ether oxygens (including phenoxy) is 1. The van der Waals surface area contributed by atoms with Gasteiger partial charge in [-0.15, -0.1) is 0 Å². The normalized spacial score (nSPS) is 19.5. The Balaban J connectivity index is 1.57. The summed E-state index contributed by atoms with van der Waals surface area (Å²) < 4.78 is 32.2. The molecule has 1 amide bonds. The van der Waals surface area contributed by atoms with E-state index in [2.05, 4.69) is 24.2 Å². The number of nitrogens with zero attached hydrogens (tertiary/aromatic N) is 2. The molecule has 1 N–H and O–H groups in total. The Morgan fingerprint density at radius 3 is 2.43 bits per heavy atom. The first-order valence-corrected chi connectivity index (χ1v) is 11.9. The molecule has 9 heteroatoms. The summed E-state index contributed by atoms with van der Waals surface area (Å²) in [4.78, 5) is 26.8. The van der Waals surface area contributed by atoms with E-state index in [4.69, 9.17) is 4.74 Å². The van der Waals surface area contributed by atoms with Crippen LogP contribution in [0.4, 0.5) is 0 Å². The molecule has 166 valence electrons. The van der Waals surface area contributed by atoms with Gasteiger partial charge in [0.15, 0.2) is 0 Å². The number of nitrogens with one attached hydrogen (secondary N) is 1. The van der Waals surface area contributed by atoms with Gasteiger partial charge >= 0.3 is 5.97 Å². The Morgan fingerprint density at radius 1 is 1.20 bits per heavy atom. The van der Waals surface area contributed by atoms with Crippen LogP contribution in [-0.2, 0) is 19.6 Å². The highest BCUT2D eigenvalue weighted by Gasteiger charge is 2.35. The SMILES string of the molecule is COC(=O)c1ccccc1S(=O)(=O)N1CCC(C(=O)NCC(C)N(C)C2CC2)CC1. The van der Waals surface area contributed by atoms with Crippen molar-refractivity contribution in [2.24, 2.45) is 5.92 Å². The second-order valence-corrected chi connectivity index (χ2v) is 10.1. The molecule has 3 rings (SSSR count). The molecule has 1 saturated heterocycles. The van der Waals surface area contributed by atoms with E-state index >= 15 is 0 Å². The van der Waals surface area contributed by atoms with Crippen molar-refractivity contribution >= 4 is 21.9 Å². The Labute approximate surface area is 178 Å². The van der Waals surface area contributed by atoms with Gasteiger partial charge in [-0.3, -0.25) is 9.69 Å². The molecule has 1 aliphatic heterocycles. The summed E-state index contributed by atoms with van der Waals surface area (Å²) in [5.74, 6) is -0.905. The number of likely N-dealkylation sites (N-methyl/N-ethyl adjacent to an activating group) is 1. The average molecular weight is 438 g/mol. The first-order valence-electron chi connectivity index (χ1n) is 10.4. The van der Waals surface area contributed by atoms with Gasteiger partial charge in [0.2, 0.25) is 15.9 Å². The fourth-order valence-electron chi connectivity index (χ4n) is 3.85. The molecule has 0 radical (unpaired) electrons. The highest BCUT2D eigenvalue weighted by Crippen LogP contribution is 2.28. The summed E-state index contributed by atoms with van der Waals surface area (Å²) in [6, 6.07) is 6.95. The van der Waals surface area contributed by atoms with E-state index in [9.17, 15) is 18.0 Å². The van der Waals surface area contributed by atoms with Gasteiger partial charge in [-0.05, 0) is 51.8 Å². The van der Waals surface area contributed by atoms with E-state index in [1.54, 1.807) is 12.1 Å². The van der Waals surface area contributed by atoms with Crippen LogP contribution in [0.15, 0.2) is 29.2 Å². The lowest BCUT2D eigenvalue weighted by atomic mass is 9.97. The summed E-state index contributed by atoms with van der Waals surface area (Å²) in [7, 11) is -0.534. The van der Waals surface area contributed by atoms with Crippen LogP contribution >= 0.6 is 0 Å². The van der Waals surface area contributed by atoms with Gasteiger partial charge in [0.25, 0.3) is 0 Å². The molecule has 2 fully saturated rings. The Kier molecular flexibility index (Phi) is 7.15. The molecular formula is C21H31N3O5S. The lowest BCUT2D eigenvalue weighted by molar-refractivity contribution is -0.126. The summed E-state index contributed by atoms with van der Waals surface area (Å²) in [6.45, 7) is 3.18. The molecule has 1 aromatic rings. The van der Waals surface area contributed by atoms with E-state index in [0.29, 0.717) is 25.4 Å². The molecule has 0 spiro atoms. The topological polar surface area (TPSA) is 96.0 Å². The number of hydrogen-bond acceptors (Lipinski definition) is 6. The lowest BCUT2D eigenvalue weighted by Crippen LogP contribution is -2.46. The van der Waals surface area contributed by atoms with Crippen molar-refractivity contribution < 1.29 is 22.7 Å². The monoisotopic (exact) mass is 437 g/mol. The number of benzene rings is 1. The molecule has 1 atom stereocenters. The maximum atomic E-state index is 13.1. The van der Waals surface area contributed by atoms with E-state index in [1.807, 2.05) is 0 Å². The van der Waals surface area contributed by atoms with Crippen molar-refractivity contribution in [1.29, 1.82) is 0 Å². The molecule has 1 aromatic carbocycles. The number of carbonyl (C=O) groups is 2. The molecule has 2 aliphatic rings. The van der Waals surface area contributed by atoms with E-state index in [0.717, 1.165) is 0 Å². The van der Waals surface area contributed by atoms with Crippen LogP contribution < -0.4 is 5.32 Å². The number of hydrogen-bond donors (Lipinski definition) is 1. The smallest absolute Gasteiger partial charge is 0.339 e. The van der Waals surface area contributed by atoms with Crippen LogP contribution in [0.1, 0.15) is 43.0 Å². The average Bonchev–Trinajstić information content (AvgIpc) is 3.61. The molecule has 0 aromatic heterocycles. The third kappa shape index (κ3) is 5.01. The number of piperidine rings is 1. The lowest BCUT2D eigenvalue weighted by Gasteiger charge is -2.31. The fourth-order valence-corrected chi connectivity index (χ4v) is 5.50. The van der Waals surface area contributed by atoms with Gasteiger partial charge in [0.05, 0.1) is 17.6 Å². The number of sulfonamides is 1. The van der Waals surface area contributed by atoms with Gasteiger partial charge < -0.3 is 10.1 Å². The summed E-state index contributed by atoms with van der Waals surface area (Å²) in [5, 5.41) is 3.02. The third-order valence-electron chi connectivity index (χ3n) is 6.12. The molecule has 1 heterocycles. The predicted molar refractivity (Wildman–Crippen MR) is 113 cm³/mol. The highest BCUT2D eigenvalue weighted by atomic mass is 32.2. The number of carbonyl (C=O) groups excluding carboxylic acids is 2. The van der Waals surface area contributed by atoms with Crippen LogP contribution in [-0.4, -0.2) is 75.4 Å². The molecule has 1 unspecified atom stereocenters. The molecule has 8 nitrogen and oxygen atoms in total. The molecule has 1 saturated carbocycles. The van der Waals surface area contributed by atoms with Crippen molar-refractivity contribution in [3.63, 3.8) is 0 Å². The molecule has 1 aliphatic carbocycles. The van der Waals surface area contributed by atoms with Crippen LogP contribution in [0.3, 0.4) is 0 Å². The van der Waals surface area contributed by atoms with Crippen molar-refractivity contribution in [2.75, 3.05) is 33.8 Å². The maximum Gasteiger partial charge on any atom is 0.339 e. The van der Waals surface area contributed by atoms with Gasteiger partial charge in [0, 0.05) is 37.6 Å². The number of methoxy groups -OCH3 is 1. The maximum absolute atomic E-state index is 13.1. The number of esters is 1. The Bertz CT molecular complexity index is 876. The van der Waals surface area contributed by atoms with E-state index < -0.39 is 16.0 Å². The first kappa shape index (κ1) is 22.7. The molecule has 0 bridgehead atoms. The van der Waals surface area contributed by atoms with Crippen LogP contribution in [0.25, 0.3) is 0 Å². The highest BCUT2D eigenvalue weighted by molar-refractivity contribution is 7.89. The van der Waals surface area contributed by atoms with Gasteiger partial charge in [-0.25, -0.2) is 13.2 Å². The van der Waals surface area contributed by atoms with E-state index in [1.165, 1.54) is 36.4 Å². The number of rotatable bonds is 8. The Hall–Kier alpha value is -1.97. The second-order valence-electron chi connectivity index (χ2n) is 8.16. The first-order chi connectivity index (χ1) is 14.3. The standard InChI is InChI=1S/C21H31N3O5S/c1-15(23(2)17-8-9-17)14-22-20(25)16-10-12-24(13-11-16)30(27,28)19-7-5-4-6-18(19)21(26)29-3/h4-7,15-17H,8-14H2,1-3H3,(H,22,25).